The van der Waals surface area contributed by atoms with E-state index in [1.165, 1.54) is 0 Å². The van der Waals surface area contributed by atoms with Gasteiger partial charge in [0.25, 0.3) is 0 Å². The summed E-state index contributed by atoms with van der Waals surface area (Å²) in [4.78, 5) is 22.4. The first-order valence-electron chi connectivity index (χ1n) is 4.90. The van der Waals surface area contributed by atoms with Crippen molar-refractivity contribution < 1.29 is 14.7 Å². The Hall–Kier alpha value is -0.860. The minimum absolute atomic E-state index is 0.131. The molecule has 0 aromatic rings. The van der Waals surface area contributed by atoms with E-state index in [1.807, 2.05) is 0 Å². The van der Waals surface area contributed by atoms with E-state index in [1.54, 1.807) is 0 Å². The molecule has 2 unspecified atom stereocenters. The van der Waals surface area contributed by atoms with Gasteiger partial charge in [0.1, 0.15) is 5.78 Å². The van der Waals surface area contributed by atoms with Gasteiger partial charge in [0, 0.05) is 12.8 Å². The summed E-state index contributed by atoms with van der Waals surface area (Å²) in [5, 5.41) is 9.16. The molecule has 0 spiro atoms. The first kappa shape index (κ1) is 8.73. The number of carbonyl (C=O) groups excluding carboxylic acids is 1. The Kier molecular flexibility index (Phi) is 1.90. The second kappa shape index (κ2) is 2.82. The van der Waals surface area contributed by atoms with Crippen LogP contribution in [0.5, 0.6) is 0 Å². The average molecular weight is 182 g/mol. The lowest BCUT2D eigenvalue weighted by molar-refractivity contribution is -0.154. The van der Waals surface area contributed by atoms with Crippen LogP contribution in [0.4, 0.5) is 0 Å². The lowest BCUT2D eigenvalue weighted by Crippen LogP contribution is -2.37. The maximum atomic E-state index is 11.3. The minimum atomic E-state index is -0.747. The smallest absolute Gasteiger partial charge is 0.310 e. The van der Waals surface area contributed by atoms with Crippen LogP contribution < -0.4 is 0 Å². The van der Waals surface area contributed by atoms with Gasteiger partial charge >= 0.3 is 5.97 Å². The molecule has 0 bridgehead atoms. The fourth-order valence-corrected chi connectivity index (χ4v) is 2.90. The van der Waals surface area contributed by atoms with Crippen molar-refractivity contribution in [2.24, 2.45) is 11.3 Å². The van der Waals surface area contributed by atoms with Gasteiger partial charge in [-0.3, -0.25) is 9.59 Å². The van der Waals surface area contributed by atoms with E-state index in [-0.39, 0.29) is 18.1 Å². The highest BCUT2D eigenvalue weighted by molar-refractivity contribution is 5.90. The van der Waals surface area contributed by atoms with E-state index in [4.69, 9.17) is 5.11 Å². The van der Waals surface area contributed by atoms with Crippen molar-refractivity contribution in [2.75, 3.05) is 0 Å². The first-order chi connectivity index (χ1) is 6.15. The molecule has 0 aliphatic heterocycles. The molecule has 13 heavy (non-hydrogen) atoms. The van der Waals surface area contributed by atoms with Gasteiger partial charge < -0.3 is 5.11 Å². The van der Waals surface area contributed by atoms with Crippen molar-refractivity contribution in [1.82, 2.24) is 0 Å². The highest BCUT2D eigenvalue weighted by Gasteiger charge is 2.53. The number of carbonyl (C=O) groups is 2. The summed E-state index contributed by atoms with van der Waals surface area (Å²) in [5.74, 6) is -0.469. The van der Waals surface area contributed by atoms with Crippen LogP contribution in [0.2, 0.25) is 0 Å². The van der Waals surface area contributed by atoms with E-state index in [0.29, 0.717) is 12.8 Å². The zero-order chi connectivity index (χ0) is 9.47. The number of fused-ring (bicyclic) bond motifs is 1. The molecule has 0 saturated heterocycles. The molecule has 0 aromatic heterocycles. The molecule has 0 radical (unpaired) electrons. The molecular formula is C10H14O3. The summed E-state index contributed by atoms with van der Waals surface area (Å²) >= 11 is 0. The fraction of sp³-hybridized carbons (Fsp3) is 0.800. The van der Waals surface area contributed by atoms with Crippen LogP contribution in [0.3, 0.4) is 0 Å². The van der Waals surface area contributed by atoms with Gasteiger partial charge in [-0.2, -0.15) is 0 Å². The van der Waals surface area contributed by atoms with Gasteiger partial charge in [-0.15, -0.1) is 0 Å². The van der Waals surface area contributed by atoms with Crippen LogP contribution in [0.25, 0.3) is 0 Å². The molecule has 2 rings (SSSR count). The lowest BCUT2D eigenvalue weighted by atomic mass is 9.68. The number of aliphatic carboxylic acids is 1. The molecule has 3 nitrogen and oxygen atoms in total. The molecule has 0 aromatic carbocycles. The van der Waals surface area contributed by atoms with Gasteiger partial charge in [0.2, 0.25) is 0 Å². The molecule has 72 valence electrons. The number of carboxylic acid groups (broad SMARTS) is 1. The van der Waals surface area contributed by atoms with E-state index >= 15 is 0 Å². The monoisotopic (exact) mass is 182 g/mol. The van der Waals surface area contributed by atoms with Crippen LogP contribution in [0.1, 0.15) is 38.5 Å². The molecule has 2 fully saturated rings. The number of hydrogen-bond acceptors (Lipinski definition) is 2. The normalized spacial score (nSPS) is 38.8. The van der Waals surface area contributed by atoms with Crippen LogP contribution in [0, 0.1) is 11.3 Å². The highest BCUT2D eigenvalue weighted by atomic mass is 16.4. The summed E-state index contributed by atoms with van der Waals surface area (Å²) in [5.41, 5.74) is -0.671. The van der Waals surface area contributed by atoms with Gasteiger partial charge in [0.05, 0.1) is 5.41 Å². The quantitative estimate of drug-likeness (QED) is 0.670. The van der Waals surface area contributed by atoms with E-state index in [2.05, 4.69) is 0 Å². The molecule has 2 saturated carbocycles. The Morgan fingerprint density at radius 1 is 1.46 bits per heavy atom. The Bertz CT molecular complexity index is 259. The third-order valence-corrected chi connectivity index (χ3v) is 3.62. The second-order valence-electron chi connectivity index (χ2n) is 4.32. The number of hydrogen-bond donors (Lipinski definition) is 1. The average Bonchev–Trinajstić information content (AvgIpc) is 2.41. The van der Waals surface area contributed by atoms with Crippen LogP contribution in [-0.4, -0.2) is 16.9 Å². The largest absolute Gasteiger partial charge is 0.481 e. The summed E-state index contributed by atoms with van der Waals surface area (Å²) in [6.45, 7) is 0. The Morgan fingerprint density at radius 3 is 2.85 bits per heavy atom. The van der Waals surface area contributed by atoms with Crippen LogP contribution in [0.15, 0.2) is 0 Å². The standard InChI is InChI=1S/C10H14O3/c11-8-5-7-3-1-2-4-10(7,6-8)9(12)13/h7H,1-6H2,(H,12,13). The molecular weight excluding hydrogens is 168 g/mol. The minimum Gasteiger partial charge on any atom is -0.481 e. The topological polar surface area (TPSA) is 54.4 Å². The fourth-order valence-electron chi connectivity index (χ4n) is 2.90. The van der Waals surface area contributed by atoms with Gasteiger partial charge in [0.15, 0.2) is 0 Å². The van der Waals surface area contributed by atoms with Crippen molar-refractivity contribution in [3.63, 3.8) is 0 Å². The van der Waals surface area contributed by atoms with E-state index in [9.17, 15) is 9.59 Å². The zero-order valence-corrected chi connectivity index (χ0v) is 7.58. The number of rotatable bonds is 1. The molecule has 2 aliphatic carbocycles. The van der Waals surface area contributed by atoms with E-state index in [0.717, 1.165) is 19.3 Å². The molecule has 3 heteroatoms. The van der Waals surface area contributed by atoms with E-state index < -0.39 is 11.4 Å². The predicted molar refractivity (Wildman–Crippen MR) is 46.3 cm³/mol. The lowest BCUT2D eigenvalue weighted by Gasteiger charge is -2.34. The Morgan fingerprint density at radius 2 is 2.23 bits per heavy atom. The predicted octanol–water partition coefficient (Wildman–Crippen LogP) is 1.61. The molecule has 2 atom stereocenters. The Labute approximate surface area is 77.1 Å². The summed E-state index contributed by atoms with van der Waals surface area (Å²) < 4.78 is 0. The molecule has 0 heterocycles. The zero-order valence-electron chi connectivity index (χ0n) is 7.58. The third-order valence-electron chi connectivity index (χ3n) is 3.62. The summed E-state index contributed by atoms with van der Waals surface area (Å²) in [7, 11) is 0. The van der Waals surface area contributed by atoms with Crippen molar-refractivity contribution in [1.29, 1.82) is 0 Å². The summed E-state index contributed by atoms with van der Waals surface area (Å²) in [6.07, 6.45) is 4.49. The van der Waals surface area contributed by atoms with Crippen molar-refractivity contribution in [3.8, 4) is 0 Å². The Balaban J connectivity index is 2.29. The summed E-state index contributed by atoms with van der Waals surface area (Å²) in [6, 6.07) is 0. The van der Waals surface area contributed by atoms with Crippen LogP contribution in [-0.2, 0) is 9.59 Å². The SMILES string of the molecule is O=C1CC2CCCCC2(C(=O)O)C1. The number of carboxylic acids is 1. The van der Waals surface area contributed by atoms with Crippen LogP contribution >= 0.6 is 0 Å². The van der Waals surface area contributed by atoms with Gasteiger partial charge in [-0.25, -0.2) is 0 Å². The molecule has 0 amide bonds. The number of Topliss-reactive ketones (excluding diaryl/α,β-unsaturated/α-hetero) is 1. The number of ketones is 1. The van der Waals surface area contributed by atoms with Crippen molar-refractivity contribution in [2.45, 2.75) is 38.5 Å². The first-order valence-corrected chi connectivity index (χ1v) is 4.90. The van der Waals surface area contributed by atoms with Crippen molar-refractivity contribution >= 4 is 11.8 Å². The molecule has 1 N–H and O–H groups in total. The maximum Gasteiger partial charge on any atom is 0.310 e. The van der Waals surface area contributed by atoms with Gasteiger partial charge in [-0.1, -0.05) is 12.8 Å². The second-order valence-corrected chi connectivity index (χ2v) is 4.32. The molecule has 2 aliphatic rings. The van der Waals surface area contributed by atoms with Crippen molar-refractivity contribution in [3.05, 3.63) is 0 Å². The maximum absolute atomic E-state index is 11.3. The van der Waals surface area contributed by atoms with Gasteiger partial charge in [-0.05, 0) is 18.8 Å². The highest BCUT2D eigenvalue weighted by Crippen LogP contribution is 2.50. The third kappa shape index (κ3) is 1.18.